The van der Waals surface area contributed by atoms with Gasteiger partial charge in [-0.05, 0) is 24.3 Å². The van der Waals surface area contributed by atoms with Gasteiger partial charge in [-0.25, -0.2) is 0 Å². The maximum absolute atomic E-state index is 12.9. The van der Waals surface area contributed by atoms with Crippen LogP contribution in [0, 0.1) is 0 Å². The van der Waals surface area contributed by atoms with Crippen LogP contribution in [0.25, 0.3) is 0 Å². The van der Waals surface area contributed by atoms with E-state index in [4.69, 9.17) is 11.6 Å². The number of alkyl halides is 8. The Kier molecular flexibility index (Phi) is 8.23. The van der Waals surface area contributed by atoms with Crippen LogP contribution in [0.1, 0.15) is 6.92 Å². The van der Waals surface area contributed by atoms with Crippen LogP contribution in [0.2, 0.25) is 5.02 Å². The third-order valence-corrected chi connectivity index (χ3v) is 3.57. The van der Waals surface area contributed by atoms with Crippen LogP contribution < -0.4 is 24.8 Å². The molecule has 0 unspecified atom stereocenters. The van der Waals surface area contributed by atoms with Crippen LogP contribution >= 0.6 is 11.6 Å². The Morgan fingerprint density at radius 2 is 1.35 bits per heavy atom. The summed E-state index contributed by atoms with van der Waals surface area (Å²) < 4.78 is 114. The molecule has 0 amide bonds. The SMILES string of the molecule is C=C(Nc1ccc(OC(C)(F)F)cc1)Nc1nc(OCC(F)(F)F)c(Cl)c(OCC(F)(F)F)n1. The maximum Gasteiger partial charge on any atom is 0.422 e. The molecule has 7 nitrogen and oxygen atoms in total. The van der Waals surface area contributed by atoms with E-state index in [2.05, 4.69) is 41.4 Å². The largest absolute Gasteiger partial charge is 0.467 e. The van der Waals surface area contributed by atoms with Crippen LogP contribution in [0.5, 0.6) is 17.5 Å². The summed E-state index contributed by atoms with van der Waals surface area (Å²) in [6, 6.07) is 5.06. The molecule has 0 saturated carbocycles. The molecule has 0 radical (unpaired) electrons. The Morgan fingerprint density at radius 3 is 1.76 bits per heavy atom. The van der Waals surface area contributed by atoms with Crippen molar-refractivity contribution >= 4 is 23.2 Å². The molecular weight excluding hydrogens is 508 g/mol. The molecule has 0 aliphatic heterocycles. The van der Waals surface area contributed by atoms with E-state index in [0.717, 1.165) is 0 Å². The van der Waals surface area contributed by atoms with Gasteiger partial charge in [0.25, 0.3) is 0 Å². The second kappa shape index (κ2) is 10.4. The zero-order valence-electron chi connectivity index (χ0n) is 17.0. The molecule has 2 rings (SSSR count). The summed E-state index contributed by atoms with van der Waals surface area (Å²) in [4.78, 5) is 7.15. The van der Waals surface area contributed by atoms with Crippen molar-refractivity contribution in [2.45, 2.75) is 25.4 Å². The molecule has 0 atom stereocenters. The first kappa shape index (κ1) is 27.0. The molecule has 0 spiro atoms. The average Bonchev–Trinajstić information content (AvgIpc) is 2.66. The fourth-order valence-electron chi connectivity index (χ4n) is 2.11. The number of hydrogen-bond donors (Lipinski definition) is 2. The Morgan fingerprint density at radius 1 is 0.882 bits per heavy atom. The van der Waals surface area contributed by atoms with Crippen molar-refractivity contribution in [2.75, 3.05) is 23.8 Å². The molecular formula is C18H15ClF8N4O3. The third kappa shape index (κ3) is 9.72. The lowest BCUT2D eigenvalue weighted by atomic mass is 10.3. The van der Waals surface area contributed by atoms with Crippen LogP contribution in [0.4, 0.5) is 46.8 Å². The fourth-order valence-corrected chi connectivity index (χ4v) is 2.30. The highest BCUT2D eigenvalue weighted by Gasteiger charge is 2.32. The maximum atomic E-state index is 12.9. The smallest absolute Gasteiger partial charge is 0.422 e. The van der Waals surface area contributed by atoms with Crippen molar-refractivity contribution in [1.82, 2.24) is 9.97 Å². The summed E-state index contributed by atoms with van der Waals surface area (Å²) in [5.74, 6) is -2.62. The van der Waals surface area contributed by atoms with Crippen molar-refractivity contribution in [3.05, 3.63) is 41.7 Å². The first-order valence-electron chi connectivity index (χ1n) is 8.87. The molecule has 188 valence electrons. The number of nitrogens with one attached hydrogen (secondary N) is 2. The predicted octanol–water partition coefficient (Wildman–Crippen LogP) is 6.00. The molecule has 0 aliphatic carbocycles. The number of rotatable bonds is 10. The van der Waals surface area contributed by atoms with Gasteiger partial charge in [-0.3, -0.25) is 0 Å². The third-order valence-electron chi connectivity index (χ3n) is 3.24. The molecule has 0 aliphatic rings. The number of hydrogen-bond acceptors (Lipinski definition) is 7. The van der Waals surface area contributed by atoms with Crippen molar-refractivity contribution in [3.8, 4) is 17.5 Å². The van der Waals surface area contributed by atoms with E-state index in [9.17, 15) is 35.1 Å². The van der Waals surface area contributed by atoms with Crippen LogP contribution in [-0.2, 0) is 0 Å². The minimum absolute atomic E-state index is 0.111. The summed E-state index contributed by atoms with van der Waals surface area (Å²) in [5, 5.41) is 4.21. The van der Waals surface area contributed by atoms with Crippen LogP contribution in [0.15, 0.2) is 36.7 Å². The molecule has 1 aromatic heterocycles. The number of anilines is 2. The van der Waals surface area contributed by atoms with Crippen LogP contribution in [-0.4, -0.2) is 41.6 Å². The lowest BCUT2D eigenvalue weighted by Crippen LogP contribution is -2.22. The molecule has 2 aromatic rings. The molecule has 0 bridgehead atoms. The van der Waals surface area contributed by atoms with Crippen molar-refractivity contribution in [1.29, 1.82) is 0 Å². The highest BCUT2D eigenvalue weighted by atomic mass is 35.5. The first-order chi connectivity index (χ1) is 15.5. The summed E-state index contributed by atoms with van der Waals surface area (Å²) >= 11 is 5.72. The van der Waals surface area contributed by atoms with Crippen molar-refractivity contribution in [2.24, 2.45) is 0 Å². The summed E-state index contributed by atoms with van der Waals surface area (Å²) in [7, 11) is 0. The zero-order chi connectivity index (χ0) is 25.7. The fraction of sp³-hybridized carbons (Fsp3) is 0.333. The van der Waals surface area contributed by atoms with Crippen molar-refractivity contribution < 1.29 is 49.3 Å². The normalized spacial score (nSPS) is 12.2. The van der Waals surface area contributed by atoms with Crippen LogP contribution in [0.3, 0.4) is 0 Å². The molecule has 34 heavy (non-hydrogen) atoms. The standard InChI is InChI=1S/C18H15ClF8N4O3/c1-9(28-10-3-5-11(6-4-10)34-16(2,20)21)29-15-30-13(32-7-17(22,23)24)12(19)14(31-15)33-8-18(25,26)27/h3-6,28H,1,7-8H2,2H3,(H,29,30,31). The number of halogens is 9. The highest BCUT2D eigenvalue weighted by Crippen LogP contribution is 2.34. The van der Waals surface area contributed by atoms with E-state index in [1.807, 2.05) is 0 Å². The number of benzene rings is 1. The minimum Gasteiger partial charge on any atom is -0.467 e. The van der Waals surface area contributed by atoms with Gasteiger partial charge in [0, 0.05) is 12.6 Å². The van der Waals surface area contributed by atoms with E-state index in [0.29, 0.717) is 12.6 Å². The summed E-state index contributed by atoms with van der Waals surface area (Å²) in [6.07, 6.45) is -13.0. The second-order valence-corrected chi connectivity index (χ2v) is 6.82. The Bertz CT molecular complexity index is 956. The Labute approximate surface area is 191 Å². The van der Waals surface area contributed by atoms with Gasteiger partial charge in [-0.15, -0.1) is 0 Å². The second-order valence-electron chi connectivity index (χ2n) is 6.44. The Balaban J connectivity index is 2.17. The average molecular weight is 523 g/mol. The number of nitrogens with zero attached hydrogens (tertiary/aromatic N) is 2. The van der Waals surface area contributed by atoms with Crippen molar-refractivity contribution in [3.63, 3.8) is 0 Å². The summed E-state index contributed by atoms with van der Waals surface area (Å²) in [6.45, 7) is 0.421. The number of aromatic nitrogens is 2. The first-order valence-corrected chi connectivity index (χ1v) is 9.25. The molecule has 16 heteroatoms. The lowest BCUT2D eigenvalue weighted by molar-refractivity contribution is -0.159. The monoisotopic (exact) mass is 522 g/mol. The van der Waals surface area contributed by atoms with Gasteiger partial charge in [0.2, 0.25) is 17.7 Å². The lowest BCUT2D eigenvalue weighted by Gasteiger charge is -2.16. The summed E-state index contributed by atoms with van der Waals surface area (Å²) in [5.41, 5.74) is 0.292. The molecule has 1 heterocycles. The topological polar surface area (TPSA) is 77.5 Å². The van der Waals surface area contributed by atoms with E-state index < -0.39 is 54.4 Å². The highest BCUT2D eigenvalue weighted by molar-refractivity contribution is 6.33. The van der Waals surface area contributed by atoms with E-state index >= 15 is 0 Å². The van der Waals surface area contributed by atoms with E-state index in [-0.39, 0.29) is 11.6 Å². The van der Waals surface area contributed by atoms with Gasteiger partial charge in [-0.2, -0.15) is 45.1 Å². The molecule has 0 fully saturated rings. The van der Waals surface area contributed by atoms with Gasteiger partial charge in [-0.1, -0.05) is 18.2 Å². The van der Waals surface area contributed by atoms with Gasteiger partial charge < -0.3 is 24.8 Å². The van der Waals surface area contributed by atoms with E-state index in [1.165, 1.54) is 24.3 Å². The Hall–Kier alpha value is -3.23. The van der Waals surface area contributed by atoms with Gasteiger partial charge in [0.05, 0.1) is 0 Å². The minimum atomic E-state index is -4.79. The van der Waals surface area contributed by atoms with Gasteiger partial charge in [0.1, 0.15) is 11.6 Å². The van der Waals surface area contributed by atoms with E-state index in [1.54, 1.807) is 0 Å². The number of ether oxygens (including phenoxy) is 3. The van der Waals surface area contributed by atoms with Gasteiger partial charge >= 0.3 is 18.5 Å². The molecule has 2 N–H and O–H groups in total. The quantitative estimate of drug-likeness (QED) is 0.371. The van der Waals surface area contributed by atoms with Gasteiger partial charge in [0.15, 0.2) is 18.2 Å². The molecule has 0 saturated heterocycles. The predicted molar refractivity (Wildman–Crippen MR) is 104 cm³/mol. The zero-order valence-corrected chi connectivity index (χ0v) is 17.7. The molecule has 1 aromatic carbocycles.